The van der Waals surface area contributed by atoms with Gasteiger partial charge in [-0.05, 0) is 68.7 Å². The summed E-state index contributed by atoms with van der Waals surface area (Å²) in [5.74, 6) is 0.0122. The number of Topliss-reactive ketones (excluding diaryl/α,β-unsaturated/α-hetero) is 1. The minimum atomic E-state index is -0.641. The molecule has 0 radical (unpaired) electrons. The van der Waals surface area contributed by atoms with Gasteiger partial charge in [-0.1, -0.05) is 25.0 Å². The van der Waals surface area contributed by atoms with E-state index >= 15 is 0 Å². The Labute approximate surface area is 188 Å². The second-order valence-electron chi connectivity index (χ2n) is 8.61. The second kappa shape index (κ2) is 9.07. The number of hydrogen-bond donors (Lipinski definition) is 1. The normalized spacial score (nSPS) is 20.9. The molecule has 1 atom stereocenters. The van der Waals surface area contributed by atoms with Crippen LogP contribution in [-0.4, -0.2) is 41.0 Å². The van der Waals surface area contributed by atoms with Gasteiger partial charge in [0.1, 0.15) is 17.3 Å². The lowest BCUT2D eigenvalue weighted by Gasteiger charge is -2.31. The summed E-state index contributed by atoms with van der Waals surface area (Å²) in [5.41, 5.74) is 1.38. The van der Waals surface area contributed by atoms with Crippen molar-refractivity contribution in [2.24, 2.45) is 0 Å². The topological polar surface area (TPSA) is 76.1 Å². The number of aliphatic hydroxyl groups excluding tert-OH is 1. The molecular weight excluding hydrogens is 406 g/mol. The summed E-state index contributed by atoms with van der Waals surface area (Å²) in [7, 11) is 1.56. The number of ketones is 1. The Morgan fingerprint density at radius 2 is 1.56 bits per heavy atom. The van der Waals surface area contributed by atoms with E-state index in [-0.39, 0.29) is 23.5 Å². The van der Waals surface area contributed by atoms with Crippen molar-refractivity contribution in [3.63, 3.8) is 0 Å². The molecule has 1 saturated heterocycles. The van der Waals surface area contributed by atoms with Gasteiger partial charge >= 0.3 is 0 Å². The first-order valence-corrected chi connectivity index (χ1v) is 11.1. The Hall–Kier alpha value is -3.28. The molecule has 32 heavy (non-hydrogen) atoms. The van der Waals surface area contributed by atoms with Gasteiger partial charge in [-0.2, -0.15) is 0 Å². The number of likely N-dealkylation sites (tertiary alicyclic amines) is 1. The van der Waals surface area contributed by atoms with Gasteiger partial charge < -0.3 is 19.5 Å². The molecule has 1 saturated carbocycles. The smallest absolute Gasteiger partial charge is 0.295 e. The number of carbonyl (C=O) groups is 2. The second-order valence-corrected chi connectivity index (χ2v) is 8.61. The van der Waals surface area contributed by atoms with E-state index < -0.39 is 17.7 Å². The molecule has 2 fully saturated rings. The number of ether oxygens (including phenoxy) is 2. The van der Waals surface area contributed by atoms with Crippen LogP contribution in [0.1, 0.15) is 56.7 Å². The SMILES string of the molecule is COc1ccc(/C(O)=C2/C(=O)C(=O)N(C3CCCC3)C2c2ccc(OC(C)C)cc2)cc1. The lowest BCUT2D eigenvalue weighted by molar-refractivity contribution is -0.141. The minimum Gasteiger partial charge on any atom is -0.507 e. The van der Waals surface area contributed by atoms with Crippen LogP contribution in [0, 0.1) is 0 Å². The van der Waals surface area contributed by atoms with Crippen LogP contribution in [0.15, 0.2) is 54.1 Å². The quantitative estimate of drug-likeness (QED) is 0.399. The van der Waals surface area contributed by atoms with Gasteiger partial charge in [0.05, 0.1) is 24.8 Å². The molecule has 1 amide bonds. The predicted molar refractivity (Wildman–Crippen MR) is 122 cm³/mol. The number of carbonyl (C=O) groups excluding carboxylic acids is 2. The molecule has 2 aromatic carbocycles. The number of amides is 1. The summed E-state index contributed by atoms with van der Waals surface area (Å²) in [6.45, 7) is 3.91. The highest BCUT2D eigenvalue weighted by atomic mass is 16.5. The third-order valence-electron chi connectivity index (χ3n) is 6.13. The fourth-order valence-corrected chi connectivity index (χ4v) is 4.64. The van der Waals surface area contributed by atoms with Crippen molar-refractivity contribution in [3.8, 4) is 11.5 Å². The Morgan fingerprint density at radius 3 is 2.12 bits per heavy atom. The monoisotopic (exact) mass is 435 g/mol. The summed E-state index contributed by atoms with van der Waals surface area (Å²) in [6.07, 6.45) is 3.82. The lowest BCUT2D eigenvalue weighted by Crippen LogP contribution is -2.37. The molecule has 1 N–H and O–H groups in total. The molecule has 2 aliphatic rings. The zero-order valence-electron chi connectivity index (χ0n) is 18.7. The summed E-state index contributed by atoms with van der Waals surface area (Å²) in [4.78, 5) is 28.0. The van der Waals surface area contributed by atoms with Crippen LogP contribution in [0.25, 0.3) is 5.76 Å². The van der Waals surface area contributed by atoms with Gasteiger partial charge in [0, 0.05) is 11.6 Å². The zero-order valence-corrected chi connectivity index (χ0v) is 18.7. The van der Waals surface area contributed by atoms with Crippen LogP contribution in [-0.2, 0) is 9.59 Å². The molecule has 6 nitrogen and oxygen atoms in total. The van der Waals surface area contributed by atoms with E-state index in [1.165, 1.54) is 0 Å². The van der Waals surface area contributed by atoms with Crippen molar-refractivity contribution in [3.05, 3.63) is 65.2 Å². The zero-order chi connectivity index (χ0) is 22.8. The Bertz CT molecular complexity index is 1020. The molecule has 6 heteroatoms. The predicted octanol–water partition coefficient (Wildman–Crippen LogP) is 4.85. The third-order valence-corrected chi connectivity index (χ3v) is 6.13. The van der Waals surface area contributed by atoms with E-state index in [2.05, 4.69) is 0 Å². The van der Waals surface area contributed by atoms with Crippen molar-refractivity contribution in [2.75, 3.05) is 7.11 Å². The van der Waals surface area contributed by atoms with Crippen molar-refractivity contribution in [1.29, 1.82) is 0 Å². The fraction of sp³-hybridized carbons (Fsp3) is 0.385. The van der Waals surface area contributed by atoms with Crippen LogP contribution in [0.4, 0.5) is 0 Å². The first-order chi connectivity index (χ1) is 15.4. The molecule has 1 aliphatic heterocycles. The van der Waals surface area contributed by atoms with Crippen molar-refractivity contribution in [1.82, 2.24) is 4.90 Å². The van der Waals surface area contributed by atoms with E-state index in [4.69, 9.17) is 9.47 Å². The Kier molecular flexibility index (Phi) is 6.21. The molecule has 0 spiro atoms. The van der Waals surface area contributed by atoms with Gasteiger partial charge in [0.2, 0.25) is 0 Å². The first kappa shape index (κ1) is 21.9. The van der Waals surface area contributed by atoms with E-state index in [1.54, 1.807) is 36.3 Å². The van der Waals surface area contributed by atoms with Crippen molar-refractivity contribution < 1.29 is 24.2 Å². The maximum absolute atomic E-state index is 13.1. The van der Waals surface area contributed by atoms with Crippen LogP contribution in [0.3, 0.4) is 0 Å². The molecule has 168 valence electrons. The highest BCUT2D eigenvalue weighted by Crippen LogP contribution is 2.43. The number of nitrogens with zero attached hydrogens (tertiary/aromatic N) is 1. The van der Waals surface area contributed by atoms with Gasteiger partial charge in [0.15, 0.2) is 0 Å². The van der Waals surface area contributed by atoms with E-state index in [9.17, 15) is 14.7 Å². The van der Waals surface area contributed by atoms with Crippen LogP contribution in [0.5, 0.6) is 11.5 Å². The van der Waals surface area contributed by atoms with E-state index in [1.807, 2.05) is 38.1 Å². The lowest BCUT2D eigenvalue weighted by atomic mass is 9.94. The minimum absolute atomic E-state index is 0.00999. The van der Waals surface area contributed by atoms with Crippen molar-refractivity contribution in [2.45, 2.75) is 57.7 Å². The largest absolute Gasteiger partial charge is 0.507 e. The molecule has 0 bridgehead atoms. The fourth-order valence-electron chi connectivity index (χ4n) is 4.64. The van der Waals surface area contributed by atoms with Crippen LogP contribution in [0.2, 0.25) is 0 Å². The number of rotatable bonds is 6. The highest BCUT2D eigenvalue weighted by molar-refractivity contribution is 6.46. The highest BCUT2D eigenvalue weighted by Gasteiger charge is 2.49. The maximum Gasteiger partial charge on any atom is 0.295 e. The van der Waals surface area contributed by atoms with Crippen LogP contribution >= 0.6 is 0 Å². The number of hydrogen-bond acceptors (Lipinski definition) is 5. The van der Waals surface area contributed by atoms with Gasteiger partial charge in [-0.15, -0.1) is 0 Å². The number of methoxy groups -OCH3 is 1. The average molecular weight is 436 g/mol. The van der Waals surface area contributed by atoms with E-state index in [0.29, 0.717) is 11.3 Å². The van der Waals surface area contributed by atoms with Gasteiger partial charge in [-0.25, -0.2) is 0 Å². The molecule has 1 heterocycles. The summed E-state index contributed by atoms with van der Waals surface area (Å²) in [5, 5.41) is 11.2. The van der Waals surface area contributed by atoms with Crippen molar-refractivity contribution >= 4 is 17.4 Å². The summed E-state index contributed by atoms with van der Waals surface area (Å²) in [6, 6.07) is 13.6. The Balaban J connectivity index is 1.80. The number of benzene rings is 2. The van der Waals surface area contributed by atoms with Gasteiger partial charge in [-0.3, -0.25) is 9.59 Å². The average Bonchev–Trinajstić information content (AvgIpc) is 3.40. The molecule has 2 aromatic rings. The molecule has 4 rings (SSSR count). The molecular formula is C26H29NO5. The maximum atomic E-state index is 13.1. The molecule has 1 unspecified atom stereocenters. The molecule has 1 aliphatic carbocycles. The first-order valence-electron chi connectivity index (χ1n) is 11.1. The van der Waals surface area contributed by atoms with Gasteiger partial charge in [0.25, 0.3) is 11.7 Å². The summed E-state index contributed by atoms with van der Waals surface area (Å²) >= 11 is 0. The molecule has 0 aromatic heterocycles. The Morgan fingerprint density at radius 1 is 0.969 bits per heavy atom. The summed E-state index contributed by atoms with van der Waals surface area (Å²) < 4.78 is 10.9. The number of aliphatic hydroxyl groups is 1. The standard InChI is InChI=1S/C26H29NO5/c1-16(2)32-21-14-8-17(9-15-21)23-22(24(28)18-10-12-20(31-3)13-11-18)25(29)26(30)27(23)19-6-4-5-7-19/h8-16,19,23,28H,4-7H2,1-3H3/b24-22-. The van der Waals surface area contributed by atoms with E-state index in [0.717, 1.165) is 37.0 Å². The van der Waals surface area contributed by atoms with Crippen LogP contribution < -0.4 is 9.47 Å². The third kappa shape index (κ3) is 4.09.